The van der Waals surface area contributed by atoms with Gasteiger partial charge in [0.15, 0.2) is 0 Å². The summed E-state index contributed by atoms with van der Waals surface area (Å²) in [6.45, 7) is 0. The maximum absolute atomic E-state index is 9.44. The van der Waals surface area contributed by atoms with Crippen LogP contribution in [0.25, 0.3) is 0 Å². The number of carbonyl (C=O) groups excluding carboxylic acids is 2. The molecule has 0 rings (SSSR count). The van der Waals surface area contributed by atoms with Gasteiger partial charge in [0.1, 0.15) is 0 Å². The van der Waals surface area contributed by atoms with Gasteiger partial charge >= 0.3 is 12.8 Å². The predicted molar refractivity (Wildman–Crippen MR) is 16.5 cm³/mol. The van der Waals surface area contributed by atoms with Crippen molar-refractivity contribution < 1.29 is 14.7 Å². The number of rotatable bonds is 2. The highest BCUT2D eigenvalue weighted by Crippen LogP contribution is 1.09. The molecule has 0 aliphatic heterocycles. The van der Waals surface area contributed by atoms with Crippen LogP contribution in [0.4, 0.5) is 0 Å². The van der Waals surface area contributed by atoms with E-state index in [1.165, 1.54) is 0 Å². The summed E-state index contributed by atoms with van der Waals surface area (Å²) in [7, 11) is 0. The van der Waals surface area contributed by atoms with Crippen molar-refractivity contribution in [2.24, 2.45) is 0 Å². The minimum absolute atomic E-state index is 0.0347. The molecule has 0 atom stereocenters. The Morgan fingerprint density at radius 1 is 1.33 bits per heavy atom. The van der Waals surface area contributed by atoms with Gasteiger partial charge in [-0.2, -0.15) is 0 Å². The Bertz CT molecular complexity index is 53.8. The summed E-state index contributed by atoms with van der Waals surface area (Å²) < 4.78 is 0. The molecule has 34 valence electrons. The van der Waals surface area contributed by atoms with Crippen LogP contribution >= 0.6 is 0 Å². The molecule has 2 amide bonds. The Kier molecular flexibility index (Phi) is 2.19. The summed E-state index contributed by atoms with van der Waals surface area (Å²) in [5.74, 6) is 0. The molecular weight excluding hydrogens is 86.0 g/mol. The summed E-state index contributed by atoms with van der Waals surface area (Å²) in [6, 6.07) is 0. The minimum Gasteiger partial charge on any atom is -0.620 e. The summed E-state index contributed by atoms with van der Waals surface area (Å²) in [5, 5.41) is 8.43. The van der Waals surface area contributed by atoms with E-state index in [0.29, 0.717) is 0 Å². The highest BCUT2D eigenvalue weighted by atomic mass is 16.5. The van der Waals surface area contributed by atoms with E-state index in [2.05, 4.69) is 0 Å². The van der Waals surface area contributed by atoms with Gasteiger partial charge in [-0.15, -0.1) is 0 Å². The molecule has 0 aromatic heterocycles. The molecule has 0 unspecified atom stereocenters. The van der Waals surface area contributed by atoms with Gasteiger partial charge < -0.3 is 5.21 Å². The lowest BCUT2D eigenvalue weighted by Crippen LogP contribution is -3.04. The fraction of sp³-hybridized carbons (Fsp3) is 0. The topological polar surface area (TPSA) is 61.6 Å². The second-order valence-electron chi connectivity index (χ2n) is 0.638. The van der Waals surface area contributed by atoms with Crippen LogP contribution in [0.15, 0.2) is 0 Å². The van der Waals surface area contributed by atoms with Gasteiger partial charge in [-0.3, -0.25) is 5.06 Å². The van der Waals surface area contributed by atoms with Crippen LogP contribution in [0.5, 0.6) is 0 Å². The van der Waals surface area contributed by atoms with Gasteiger partial charge in [0.05, 0.1) is 0 Å². The third-order valence-corrected chi connectivity index (χ3v) is 0.232. The van der Waals surface area contributed by atoms with Gasteiger partial charge in [-0.1, -0.05) is 0 Å². The van der Waals surface area contributed by atoms with E-state index in [-0.39, 0.29) is 12.8 Å². The van der Waals surface area contributed by atoms with E-state index in [4.69, 9.17) is 9.59 Å². The first-order valence-corrected chi connectivity index (χ1v) is 1.25. The zero-order valence-corrected chi connectivity index (χ0v) is 2.88. The van der Waals surface area contributed by atoms with E-state index in [0.717, 1.165) is 0 Å². The van der Waals surface area contributed by atoms with Gasteiger partial charge in [-0.05, 0) is 0 Å². The highest BCUT2D eigenvalue weighted by molar-refractivity contribution is 5.50. The summed E-state index contributed by atoms with van der Waals surface area (Å²) in [5.41, 5.74) is 0. The van der Waals surface area contributed by atoms with Crippen molar-refractivity contribution in [1.29, 1.82) is 0 Å². The summed E-state index contributed by atoms with van der Waals surface area (Å²) >= 11 is 0. The monoisotopic (exact) mass is 89.0 g/mol. The van der Waals surface area contributed by atoms with Gasteiger partial charge in [0, 0.05) is 0 Å². The molecule has 0 radical (unpaired) electrons. The maximum atomic E-state index is 9.44. The van der Waals surface area contributed by atoms with Crippen LogP contribution in [0.1, 0.15) is 0 Å². The van der Waals surface area contributed by atoms with Crippen molar-refractivity contribution in [3.63, 3.8) is 0 Å². The maximum Gasteiger partial charge on any atom is 0.306 e. The standard InChI is InChI=1S/C2H3NO3/c4-1-3(6)2-5/h1-3H. The Morgan fingerprint density at radius 2 is 1.67 bits per heavy atom. The first kappa shape index (κ1) is 5.26. The number of imide groups is 1. The molecular formula is C2H3NO3. The molecule has 0 heterocycles. The lowest BCUT2D eigenvalue weighted by atomic mass is 11.2. The number of quaternary nitrogens is 1. The number of nitrogens with one attached hydrogen (secondary N) is 1. The molecule has 0 saturated heterocycles. The quantitative estimate of drug-likeness (QED) is 0.305. The number of hydrogen-bond donors (Lipinski definition) is 1. The van der Waals surface area contributed by atoms with Crippen LogP contribution in [0, 0.1) is 5.21 Å². The third kappa shape index (κ3) is 1.57. The van der Waals surface area contributed by atoms with E-state index in [1.54, 1.807) is 0 Å². The number of hydroxylamine groups is 2. The van der Waals surface area contributed by atoms with E-state index in [1.807, 2.05) is 0 Å². The van der Waals surface area contributed by atoms with E-state index in [9.17, 15) is 5.21 Å². The van der Waals surface area contributed by atoms with Gasteiger partial charge in [0.25, 0.3) is 0 Å². The van der Waals surface area contributed by atoms with Crippen LogP contribution < -0.4 is 5.06 Å². The van der Waals surface area contributed by atoms with Crippen LogP contribution in [0.3, 0.4) is 0 Å². The van der Waals surface area contributed by atoms with Gasteiger partial charge in [-0.25, -0.2) is 9.59 Å². The fourth-order valence-corrected chi connectivity index (χ4v) is 0.0278. The zero-order valence-electron chi connectivity index (χ0n) is 2.88. The molecule has 0 aromatic rings. The molecule has 4 nitrogen and oxygen atoms in total. The van der Waals surface area contributed by atoms with Crippen molar-refractivity contribution in [1.82, 2.24) is 0 Å². The van der Waals surface area contributed by atoms with Crippen molar-refractivity contribution in [3.8, 4) is 0 Å². The molecule has 0 fully saturated rings. The molecule has 0 aliphatic carbocycles. The molecule has 0 aromatic carbocycles. The lowest BCUT2D eigenvalue weighted by molar-refractivity contribution is -0.656. The molecule has 4 heteroatoms. The normalized spacial score (nSPS) is 8.33. The van der Waals surface area contributed by atoms with Crippen molar-refractivity contribution in [2.75, 3.05) is 0 Å². The predicted octanol–water partition coefficient (Wildman–Crippen LogP) is -2.32. The Hall–Kier alpha value is -0.740. The molecule has 0 saturated carbocycles. The van der Waals surface area contributed by atoms with E-state index < -0.39 is 5.06 Å². The molecule has 1 N–H and O–H groups in total. The third-order valence-electron chi connectivity index (χ3n) is 0.232. The number of amides is 2. The average Bonchev–Trinajstić information content (AvgIpc) is 1.65. The van der Waals surface area contributed by atoms with Crippen molar-refractivity contribution in [3.05, 3.63) is 5.21 Å². The van der Waals surface area contributed by atoms with Crippen molar-refractivity contribution >= 4 is 12.8 Å². The Balaban J connectivity index is 3.21. The summed E-state index contributed by atoms with van der Waals surface area (Å²) in [6.07, 6.45) is -0.0694. The van der Waals surface area contributed by atoms with Crippen LogP contribution in [-0.4, -0.2) is 12.8 Å². The molecule has 0 spiro atoms. The molecule has 6 heavy (non-hydrogen) atoms. The Morgan fingerprint density at radius 3 is 1.67 bits per heavy atom. The van der Waals surface area contributed by atoms with Crippen LogP contribution in [-0.2, 0) is 9.59 Å². The highest BCUT2D eigenvalue weighted by Gasteiger charge is 1.79. The number of hydrogen-bond acceptors (Lipinski definition) is 3. The van der Waals surface area contributed by atoms with E-state index >= 15 is 0 Å². The largest absolute Gasteiger partial charge is 0.620 e. The first-order chi connectivity index (χ1) is 2.81. The zero-order chi connectivity index (χ0) is 4.99. The first-order valence-electron chi connectivity index (χ1n) is 1.25. The lowest BCUT2D eigenvalue weighted by Gasteiger charge is -1.98. The van der Waals surface area contributed by atoms with Gasteiger partial charge in [0.2, 0.25) is 0 Å². The fourth-order valence-electron chi connectivity index (χ4n) is 0.0278. The molecule has 0 aliphatic rings. The minimum atomic E-state index is -1.02. The second kappa shape index (κ2) is 2.49. The SMILES string of the molecule is O=C[NH+]([O-])C=O. The average molecular weight is 89.0 g/mol. The number of carbonyl (C=O) groups is 2. The molecule has 0 bridgehead atoms. The Labute approximate surface area is 33.9 Å². The summed E-state index contributed by atoms with van der Waals surface area (Å²) in [4.78, 5) is 18.3. The van der Waals surface area contributed by atoms with Crippen LogP contribution in [0.2, 0.25) is 0 Å². The second-order valence-corrected chi connectivity index (χ2v) is 0.638. The smallest absolute Gasteiger partial charge is 0.306 e. The van der Waals surface area contributed by atoms with Crippen molar-refractivity contribution in [2.45, 2.75) is 0 Å².